The molecule has 1 atom stereocenters. The lowest BCUT2D eigenvalue weighted by atomic mass is 9.96. The highest BCUT2D eigenvalue weighted by atomic mass is 32.2. The number of nitrogens with one attached hydrogen (secondary N) is 1. The number of aromatic nitrogens is 2. The second kappa shape index (κ2) is 7.80. The maximum atomic E-state index is 12.7. The Balaban J connectivity index is 1.48. The molecule has 148 valence electrons. The number of hydrogen-bond donors (Lipinski definition) is 1. The molecule has 1 saturated heterocycles. The van der Waals surface area contributed by atoms with Gasteiger partial charge in [0.1, 0.15) is 4.90 Å². The predicted octanol–water partition coefficient (Wildman–Crippen LogP) is 2.45. The molecule has 0 saturated carbocycles. The van der Waals surface area contributed by atoms with Crippen LogP contribution in [0.25, 0.3) is 0 Å². The van der Waals surface area contributed by atoms with Gasteiger partial charge in [-0.15, -0.1) is 14.6 Å². The first kappa shape index (κ1) is 19.3. The van der Waals surface area contributed by atoms with Gasteiger partial charge in [-0.05, 0) is 30.7 Å². The van der Waals surface area contributed by atoms with Crippen LogP contribution in [-0.2, 0) is 14.8 Å². The highest BCUT2D eigenvalue weighted by Gasteiger charge is 2.35. The van der Waals surface area contributed by atoms with Crippen molar-refractivity contribution in [3.63, 3.8) is 0 Å². The van der Waals surface area contributed by atoms with E-state index in [2.05, 4.69) is 19.9 Å². The Morgan fingerprint density at radius 2 is 2.18 bits per heavy atom. The third kappa shape index (κ3) is 3.78. The number of sulfonamides is 1. The molecule has 2 aliphatic heterocycles. The van der Waals surface area contributed by atoms with Crippen LogP contribution in [0.2, 0.25) is 0 Å². The first-order valence-corrected chi connectivity index (χ1v) is 12.2. The average molecular weight is 438 g/mol. The fourth-order valence-electron chi connectivity index (χ4n) is 3.35. The van der Waals surface area contributed by atoms with E-state index in [1.54, 1.807) is 36.0 Å². The molecule has 1 fully saturated rings. The first-order chi connectivity index (χ1) is 13.5. The molecule has 0 aliphatic carbocycles. The molecule has 0 spiro atoms. The molecule has 0 bridgehead atoms. The van der Waals surface area contributed by atoms with Gasteiger partial charge in [-0.3, -0.25) is 4.79 Å². The number of likely N-dealkylation sites (tertiary alicyclic amines) is 1. The van der Waals surface area contributed by atoms with Crippen LogP contribution in [0.5, 0.6) is 0 Å². The van der Waals surface area contributed by atoms with E-state index in [-0.39, 0.29) is 16.7 Å². The molecule has 4 rings (SSSR count). The number of carbonyl (C=O) groups is 1. The zero-order valence-corrected chi connectivity index (χ0v) is 17.6. The van der Waals surface area contributed by atoms with Gasteiger partial charge in [0, 0.05) is 18.7 Å². The van der Waals surface area contributed by atoms with Crippen molar-refractivity contribution in [3.05, 3.63) is 29.8 Å². The van der Waals surface area contributed by atoms with Crippen molar-refractivity contribution in [1.82, 2.24) is 15.1 Å². The van der Waals surface area contributed by atoms with Crippen molar-refractivity contribution in [1.29, 1.82) is 0 Å². The van der Waals surface area contributed by atoms with Gasteiger partial charge in [0.2, 0.25) is 11.0 Å². The lowest BCUT2D eigenvalue weighted by molar-refractivity contribution is -0.121. The fourth-order valence-corrected chi connectivity index (χ4v) is 6.23. The summed E-state index contributed by atoms with van der Waals surface area (Å²) in [6.07, 6.45) is 1.52. The highest BCUT2D eigenvalue weighted by molar-refractivity contribution is 8.01. The molecule has 3 heterocycles. The van der Waals surface area contributed by atoms with Crippen molar-refractivity contribution in [2.24, 2.45) is 10.3 Å². The minimum Gasteiger partial charge on any atom is -0.355 e. The van der Waals surface area contributed by atoms with Crippen LogP contribution in [0, 0.1) is 5.92 Å². The third-order valence-corrected chi connectivity index (χ3v) is 7.79. The SMILES string of the molecule is CCSc1nnc(NC(=O)C2CCCN(C3=NS(=O)(=O)c4ccccc43)C2)s1. The van der Waals surface area contributed by atoms with Gasteiger partial charge in [-0.25, -0.2) is 0 Å². The Morgan fingerprint density at radius 3 is 3.00 bits per heavy atom. The van der Waals surface area contributed by atoms with Crippen LogP contribution in [0.15, 0.2) is 37.9 Å². The number of hydrogen-bond acceptors (Lipinski definition) is 8. The standard InChI is InChI=1S/C17H19N5O3S3/c1-2-26-17-20-19-16(27-17)18-15(23)11-6-5-9-22(10-11)14-12-7-3-4-8-13(12)28(24,25)21-14/h3-4,7-8,11H,2,5-6,9-10H2,1H3,(H,18,19,23). The summed E-state index contributed by atoms with van der Waals surface area (Å²) in [5, 5.41) is 11.4. The van der Waals surface area contributed by atoms with E-state index in [0.717, 1.165) is 22.9 Å². The number of piperidine rings is 1. The van der Waals surface area contributed by atoms with Gasteiger partial charge in [-0.2, -0.15) is 8.42 Å². The van der Waals surface area contributed by atoms with Gasteiger partial charge < -0.3 is 10.2 Å². The Bertz CT molecular complexity index is 1030. The van der Waals surface area contributed by atoms with E-state index in [4.69, 9.17) is 0 Å². The summed E-state index contributed by atoms with van der Waals surface area (Å²) in [7, 11) is -3.67. The molecule has 2 aromatic rings. The molecule has 1 aromatic heterocycles. The first-order valence-electron chi connectivity index (χ1n) is 8.94. The summed E-state index contributed by atoms with van der Waals surface area (Å²) in [6.45, 7) is 3.12. The molecule has 1 N–H and O–H groups in total. The molecular formula is C17H19N5O3S3. The van der Waals surface area contributed by atoms with Gasteiger partial charge >= 0.3 is 0 Å². The van der Waals surface area contributed by atoms with Gasteiger partial charge in [0.25, 0.3) is 10.0 Å². The van der Waals surface area contributed by atoms with Crippen molar-refractivity contribution in [2.75, 3.05) is 24.2 Å². The van der Waals surface area contributed by atoms with E-state index in [1.165, 1.54) is 11.3 Å². The summed E-state index contributed by atoms with van der Waals surface area (Å²) >= 11 is 2.94. The topological polar surface area (TPSA) is 105 Å². The Hall–Kier alpha value is -1.98. The van der Waals surface area contributed by atoms with Crippen LogP contribution in [0.4, 0.5) is 5.13 Å². The van der Waals surface area contributed by atoms with E-state index >= 15 is 0 Å². The molecule has 1 amide bonds. The second-order valence-corrected chi connectivity index (χ2v) is 10.5. The number of fused-ring (bicyclic) bond motifs is 1. The van der Waals surface area contributed by atoms with Crippen LogP contribution < -0.4 is 5.32 Å². The summed E-state index contributed by atoms with van der Waals surface area (Å²) in [5.41, 5.74) is 0.605. The van der Waals surface area contributed by atoms with Crippen LogP contribution >= 0.6 is 23.1 Å². The van der Waals surface area contributed by atoms with Gasteiger partial charge in [0.15, 0.2) is 10.2 Å². The van der Waals surface area contributed by atoms with Crippen molar-refractivity contribution >= 4 is 50.0 Å². The highest BCUT2D eigenvalue weighted by Crippen LogP contribution is 2.30. The quantitative estimate of drug-likeness (QED) is 0.579. The molecule has 8 nitrogen and oxygen atoms in total. The van der Waals surface area contributed by atoms with Crippen molar-refractivity contribution in [3.8, 4) is 0 Å². The zero-order chi connectivity index (χ0) is 19.7. The summed E-state index contributed by atoms with van der Waals surface area (Å²) in [6, 6.07) is 6.81. The molecule has 28 heavy (non-hydrogen) atoms. The van der Waals surface area contributed by atoms with Crippen LogP contribution in [-0.4, -0.2) is 54.1 Å². The molecule has 11 heteroatoms. The Labute approximate surface area is 171 Å². The van der Waals surface area contributed by atoms with E-state index < -0.39 is 10.0 Å². The van der Waals surface area contributed by atoms with E-state index in [1.807, 2.05) is 11.8 Å². The lowest BCUT2D eigenvalue weighted by Crippen LogP contribution is -2.43. The Morgan fingerprint density at radius 1 is 1.36 bits per heavy atom. The van der Waals surface area contributed by atoms with Crippen molar-refractivity contribution < 1.29 is 13.2 Å². The van der Waals surface area contributed by atoms with Gasteiger partial charge in [0.05, 0.1) is 5.92 Å². The number of thioether (sulfide) groups is 1. The molecular weight excluding hydrogens is 418 g/mol. The summed E-state index contributed by atoms with van der Waals surface area (Å²) in [4.78, 5) is 14.8. The van der Waals surface area contributed by atoms with Crippen molar-refractivity contribution in [2.45, 2.75) is 29.0 Å². The Kier molecular flexibility index (Phi) is 5.39. The molecule has 0 radical (unpaired) electrons. The third-order valence-electron chi connectivity index (χ3n) is 4.61. The number of rotatable bonds is 4. The minimum absolute atomic E-state index is 0.122. The number of benzene rings is 1. The van der Waals surface area contributed by atoms with Crippen LogP contribution in [0.3, 0.4) is 0 Å². The number of carbonyl (C=O) groups excluding carboxylic acids is 1. The second-order valence-electron chi connectivity index (χ2n) is 6.47. The minimum atomic E-state index is -3.67. The van der Waals surface area contributed by atoms with Crippen LogP contribution in [0.1, 0.15) is 25.3 Å². The van der Waals surface area contributed by atoms with E-state index in [9.17, 15) is 13.2 Å². The number of amidine groups is 1. The normalized spacial score (nSPS) is 20.5. The fraction of sp³-hybridized carbons (Fsp3) is 0.412. The number of amides is 1. The molecule has 1 unspecified atom stereocenters. The number of anilines is 1. The molecule has 1 aromatic carbocycles. The lowest BCUT2D eigenvalue weighted by Gasteiger charge is -2.33. The number of nitrogens with zero attached hydrogens (tertiary/aromatic N) is 4. The maximum absolute atomic E-state index is 12.7. The average Bonchev–Trinajstić information content (AvgIpc) is 3.24. The smallest absolute Gasteiger partial charge is 0.285 e. The monoisotopic (exact) mass is 437 g/mol. The summed E-state index contributed by atoms with van der Waals surface area (Å²) in [5.74, 6) is 0.944. The molecule has 2 aliphatic rings. The predicted molar refractivity (Wildman–Crippen MR) is 109 cm³/mol. The summed E-state index contributed by atoms with van der Waals surface area (Å²) < 4.78 is 29.4. The van der Waals surface area contributed by atoms with Gasteiger partial charge in [-0.1, -0.05) is 42.2 Å². The maximum Gasteiger partial charge on any atom is 0.285 e. The zero-order valence-electron chi connectivity index (χ0n) is 15.2. The van der Waals surface area contributed by atoms with E-state index in [0.29, 0.717) is 29.6 Å². The largest absolute Gasteiger partial charge is 0.355 e.